The molecule has 0 fully saturated rings. The van der Waals surface area contributed by atoms with Crippen molar-refractivity contribution in [3.8, 4) is 0 Å². The molecular formula is C16H21NO3. The van der Waals surface area contributed by atoms with Crippen LogP contribution in [-0.2, 0) is 21.6 Å². The standard InChI is InChI=1S/C16H21NO3/c1-3-10-20-12(2)15(18)17-11-16(19)9-8-13-6-4-5-7-14(13)16/h3-7,12,19H,1,8-11H2,2H3,(H,17,18)/t12-,16+/m0/s1. The van der Waals surface area contributed by atoms with Crippen LogP contribution < -0.4 is 5.32 Å². The Kier molecular flexibility index (Phi) is 4.57. The summed E-state index contributed by atoms with van der Waals surface area (Å²) in [6.45, 7) is 5.77. The van der Waals surface area contributed by atoms with Crippen molar-refractivity contribution in [2.75, 3.05) is 13.2 Å². The molecule has 4 nitrogen and oxygen atoms in total. The average Bonchev–Trinajstić information content (AvgIpc) is 2.81. The number of nitrogens with one attached hydrogen (secondary N) is 1. The summed E-state index contributed by atoms with van der Waals surface area (Å²) in [5.74, 6) is -0.218. The van der Waals surface area contributed by atoms with Gasteiger partial charge in [-0.3, -0.25) is 4.79 Å². The number of carbonyl (C=O) groups excluding carboxylic acids is 1. The van der Waals surface area contributed by atoms with Crippen molar-refractivity contribution in [1.82, 2.24) is 5.32 Å². The van der Waals surface area contributed by atoms with Gasteiger partial charge in [0.25, 0.3) is 0 Å². The fourth-order valence-electron chi connectivity index (χ4n) is 2.52. The highest BCUT2D eigenvalue weighted by atomic mass is 16.5. The topological polar surface area (TPSA) is 58.6 Å². The van der Waals surface area contributed by atoms with E-state index in [-0.39, 0.29) is 12.5 Å². The maximum Gasteiger partial charge on any atom is 0.248 e. The van der Waals surface area contributed by atoms with Gasteiger partial charge in [0, 0.05) is 0 Å². The van der Waals surface area contributed by atoms with Crippen molar-refractivity contribution in [3.63, 3.8) is 0 Å². The number of hydrogen-bond donors (Lipinski definition) is 2. The number of benzene rings is 1. The van der Waals surface area contributed by atoms with Crippen LogP contribution in [0.5, 0.6) is 0 Å². The summed E-state index contributed by atoms with van der Waals surface area (Å²) in [6.07, 6.45) is 2.53. The molecule has 0 saturated carbocycles. The minimum atomic E-state index is -0.968. The molecule has 2 atom stereocenters. The van der Waals surface area contributed by atoms with Crippen molar-refractivity contribution in [1.29, 1.82) is 0 Å². The summed E-state index contributed by atoms with van der Waals surface area (Å²) in [4.78, 5) is 11.9. The molecule has 0 heterocycles. The Bertz CT molecular complexity index is 500. The number of rotatable bonds is 6. The second-order valence-corrected chi connectivity index (χ2v) is 5.17. The number of amides is 1. The molecule has 108 valence electrons. The van der Waals surface area contributed by atoms with E-state index < -0.39 is 11.7 Å². The van der Waals surface area contributed by atoms with Gasteiger partial charge in [0.1, 0.15) is 11.7 Å². The lowest BCUT2D eigenvalue weighted by Gasteiger charge is -2.25. The predicted molar refractivity (Wildman–Crippen MR) is 77.3 cm³/mol. The Hall–Kier alpha value is -1.65. The Morgan fingerprint density at radius 2 is 2.35 bits per heavy atom. The summed E-state index contributed by atoms with van der Waals surface area (Å²) in [6, 6.07) is 7.82. The molecule has 1 aliphatic carbocycles. The number of aryl methyl sites for hydroxylation is 1. The smallest absolute Gasteiger partial charge is 0.248 e. The molecule has 4 heteroatoms. The lowest BCUT2D eigenvalue weighted by Crippen LogP contribution is -2.43. The normalized spacial score (nSPS) is 22.1. The van der Waals surface area contributed by atoms with Gasteiger partial charge in [-0.15, -0.1) is 6.58 Å². The van der Waals surface area contributed by atoms with E-state index in [9.17, 15) is 9.90 Å². The van der Waals surface area contributed by atoms with E-state index >= 15 is 0 Å². The number of aliphatic hydroxyl groups is 1. The van der Waals surface area contributed by atoms with Crippen LogP contribution in [-0.4, -0.2) is 30.3 Å². The van der Waals surface area contributed by atoms with Crippen molar-refractivity contribution < 1.29 is 14.6 Å². The summed E-state index contributed by atoms with van der Waals surface area (Å²) in [5.41, 5.74) is 1.10. The third kappa shape index (κ3) is 3.08. The maximum atomic E-state index is 11.9. The van der Waals surface area contributed by atoms with Crippen LogP contribution in [0.4, 0.5) is 0 Å². The van der Waals surface area contributed by atoms with Crippen LogP contribution >= 0.6 is 0 Å². The summed E-state index contributed by atoms with van der Waals surface area (Å²) in [7, 11) is 0. The third-order valence-electron chi connectivity index (χ3n) is 3.72. The van der Waals surface area contributed by atoms with E-state index in [0.29, 0.717) is 13.0 Å². The van der Waals surface area contributed by atoms with Crippen molar-refractivity contribution in [2.24, 2.45) is 0 Å². The fraction of sp³-hybridized carbons (Fsp3) is 0.438. The first kappa shape index (κ1) is 14.8. The zero-order valence-electron chi connectivity index (χ0n) is 11.8. The molecule has 0 bridgehead atoms. The first-order valence-corrected chi connectivity index (χ1v) is 6.88. The number of ether oxygens (including phenoxy) is 1. The average molecular weight is 275 g/mol. The SMILES string of the molecule is C=CCO[C@@H](C)C(=O)NC[C@]1(O)CCc2ccccc21. The molecule has 20 heavy (non-hydrogen) atoms. The molecule has 0 aromatic heterocycles. The molecule has 0 spiro atoms. The summed E-state index contributed by atoms with van der Waals surface area (Å²) in [5, 5.41) is 13.4. The van der Waals surface area contributed by atoms with Gasteiger partial charge in [-0.2, -0.15) is 0 Å². The largest absolute Gasteiger partial charge is 0.383 e. The molecule has 1 amide bonds. The molecule has 0 unspecified atom stereocenters. The van der Waals surface area contributed by atoms with E-state index in [2.05, 4.69) is 11.9 Å². The number of fused-ring (bicyclic) bond motifs is 1. The van der Waals surface area contributed by atoms with Gasteiger partial charge in [-0.1, -0.05) is 30.3 Å². The molecule has 2 rings (SSSR count). The van der Waals surface area contributed by atoms with Crippen molar-refractivity contribution >= 4 is 5.91 Å². The Balaban J connectivity index is 1.94. The summed E-state index contributed by atoms with van der Waals surface area (Å²) < 4.78 is 5.26. The first-order valence-electron chi connectivity index (χ1n) is 6.88. The molecule has 1 aliphatic rings. The van der Waals surface area contributed by atoms with E-state index in [1.807, 2.05) is 24.3 Å². The third-order valence-corrected chi connectivity index (χ3v) is 3.72. The minimum absolute atomic E-state index is 0.213. The molecule has 2 N–H and O–H groups in total. The lowest BCUT2D eigenvalue weighted by atomic mass is 9.96. The highest BCUT2D eigenvalue weighted by Crippen LogP contribution is 2.36. The number of carbonyl (C=O) groups is 1. The monoisotopic (exact) mass is 275 g/mol. The second kappa shape index (κ2) is 6.20. The molecule has 1 aromatic rings. The maximum absolute atomic E-state index is 11.9. The van der Waals surface area contributed by atoms with Gasteiger partial charge in [-0.05, 0) is 30.9 Å². The van der Waals surface area contributed by atoms with Gasteiger partial charge in [0.15, 0.2) is 0 Å². The van der Waals surface area contributed by atoms with Crippen LogP contribution in [0.3, 0.4) is 0 Å². The van der Waals surface area contributed by atoms with E-state index in [0.717, 1.165) is 17.5 Å². The number of hydrogen-bond acceptors (Lipinski definition) is 3. The molecular weight excluding hydrogens is 254 g/mol. The summed E-state index contributed by atoms with van der Waals surface area (Å²) >= 11 is 0. The molecule has 0 aliphatic heterocycles. The fourth-order valence-corrected chi connectivity index (χ4v) is 2.52. The van der Waals surface area contributed by atoms with Crippen molar-refractivity contribution in [3.05, 3.63) is 48.0 Å². The van der Waals surface area contributed by atoms with Gasteiger partial charge in [0.2, 0.25) is 5.91 Å². The highest BCUT2D eigenvalue weighted by molar-refractivity contribution is 5.80. The minimum Gasteiger partial charge on any atom is -0.383 e. The van der Waals surface area contributed by atoms with Gasteiger partial charge >= 0.3 is 0 Å². The quantitative estimate of drug-likeness (QED) is 0.774. The molecule has 1 aromatic carbocycles. The van der Waals surface area contributed by atoms with Crippen LogP contribution in [0.1, 0.15) is 24.5 Å². The zero-order chi connectivity index (χ0) is 14.6. The molecule has 0 saturated heterocycles. The predicted octanol–water partition coefficient (Wildman–Crippen LogP) is 1.53. The Morgan fingerprint density at radius 3 is 3.10 bits per heavy atom. The first-order chi connectivity index (χ1) is 9.57. The van der Waals surface area contributed by atoms with E-state index in [1.54, 1.807) is 13.0 Å². The van der Waals surface area contributed by atoms with E-state index in [1.165, 1.54) is 0 Å². The highest BCUT2D eigenvalue weighted by Gasteiger charge is 2.36. The van der Waals surface area contributed by atoms with Crippen molar-refractivity contribution in [2.45, 2.75) is 31.5 Å². The van der Waals surface area contributed by atoms with Gasteiger partial charge in [0.05, 0.1) is 13.2 Å². The second-order valence-electron chi connectivity index (χ2n) is 5.17. The van der Waals surface area contributed by atoms with Crippen LogP contribution in [0.2, 0.25) is 0 Å². The van der Waals surface area contributed by atoms with Gasteiger partial charge in [-0.25, -0.2) is 0 Å². The Labute approximate surface area is 119 Å². The molecule has 0 radical (unpaired) electrons. The zero-order valence-corrected chi connectivity index (χ0v) is 11.8. The van der Waals surface area contributed by atoms with Crippen LogP contribution in [0.25, 0.3) is 0 Å². The lowest BCUT2D eigenvalue weighted by molar-refractivity contribution is -0.132. The Morgan fingerprint density at radius 1 is 1.60 bits per heavy atom. The van der Waals surface area contributed by atoms with E-state index in [4.69, 9.17) is 4.74 Å². The van der Waals surface area contributed by atoms with Crippen LogP contribution in [0.15, 0.2) is 36.9 Å². The van der Waals surface area contributed by atoms with Gasteiger partial charge < -0.3 is 15.2 Å². The van der Waals surface area contributed by atoms with Crippen LogP contribution in [0, 0.1) is 0 Å².